The van der Waals surface area contributed by atoms with Crippen molar-refractivity contribution in [2.45, 2.75) is 37.3 Å². The van der Waals surface area contributed by atoms with Gasteiger partial charge in [0.15, 0.2) is 5.79 Å². The zero-order valence-electron chi connectivity index (χ0n) is 8.43. The van der Waals surface area contributed by atoms with Crippen LogP contribution in [-0.2, 0) is 14.2 Å². The number of hydrogen-bond donors (Lipinski definition) is 1. The molecule has 5 heteroatoms. The van der Waals surface area contributed by atoms with Crippen molar-refractivity contribution in [1.82, 2.24) is 0 Å². The third kappa shape index (κ3) is 2.23. The van der Waals surface area contributed by atoms with Gasteiger partial charge in [-0.15, -0.1) is 11.8 Å². The summed E-state index contributed by atoms with van der Waals surface area (Å²) in [4.78, 5) is 0. The minimum Gasteiger partial charge on any atom is -0.393 e. The molecule has 14 heavy (non-hydrogen) atoms. The third-order valence-corrected chi connectivity index (χ3v) is 3.52. The van der Waals surface area contributed by atoms with Crippen molar-refractivity contribution in [3.8, 4) is 0 Å². The van der Waals surface area contributed by atoms with Crippen LogP contribution in [0.25, 0.3) is 0 Å². The van der Waals surface area contributed by atoms with Crippen molar-refractivity contribution in [1.29, 1.82) is 0 Å². The summed E-state index contributed by atoms with van der Waals surface area (Å²) in [7, 11) is 0. The number of aliphatic hydroxyl groups excluding tert-OH is 1. The fourth-order valence-electron chi connectivity index (χ4n) is 1.67. The molecule has 0 aromatic heterocycles. The lowest BCUT2D eigenvalue weighted by Crippen LogP contribution is -2.33. The molecule has 82 valence electrons. The van der Waals surface area contributed by atoms with Crippen LogP contribution in [0.2, 0.25) is 0 Å². The molecule has 4 nitrogen and oxygen atoms in total. The monoisotopic (exact) mass is 220 g/mol. The molecule has 2 aliphatic heterocycles. The van der Waals surface area contributed by atoms with Crippen molar-refractivity contribution in [3.05, 3.63) is 0 Å². The second kappa shape index (κ2) is 3.98. The molecule has 2 fully saturated rings. The molecular formula is C9H16O4S. The van der Waals surface area contributed by atoms with Gasteiger partial charge in [-0.3, -0.25) is 0 Å². The van der Waals surface area contributed by atoms with Gasteiger partial charge in [0.05, 0.1) is 19.3 Å². The summed E-state index contributed by atoms with van der Waals surface area (Å²) >= 11 is 1.63. The maximum absolute atomic E-state index is 8.91. The van der Waals surface area contributed by atoms with Crippen molar-refractivity contribution in [2.24, 2.45) is 0 Å². The molecule has 2 rings (SSSR count). The third-order valence-electron chi connectivity index (χ3n) is 2.37. The van der Waals surface area contributed by atoms with E-state index in [0.717, 1.165) is 5.75 Å². The van der Waals surface area contributed by atoms with Crippen LogP contribution in [0.5, 0.6) is 0 Å². The average Bonchev–Trinajstić information content (AvgIpc) is 2.70. The lowest BCUT2D eigenvalue weighted by Gasteiger charge is -2.20. The fraction of sp³-hybridized carbons (Fsp3) is 1.00. The zero-order chi connectivity index (χ0) is 10.2. The normalized spacial score (nSPS) is 41.8. The van der Waals surface area contributed by atoms with Crippen LogP contribution in [0.15, 0.2) is 0 Å². The maximum atomic E-state index is 8.91. The molecule has 0 aliphatic carbocycles. The second-order valence-electron chi connectivity index (χ2n) is 3.99. The van der Waals surface area contributed by atoms with Crippen LogP contribution >= 0.6 is 11.8 Å². The lowest BCUT2D eigenvalue weighted by molar-refractivity contribution is -0.154. The molecule has 0 amide bonds. The molecule has 0 spiro atoms. The van der Waals surface area contributed by atoms with E-state index < -0.39 is 5.79 Å². The summed E-state index contributed by atoms with van der Waals surface area (Å²) in [5.41, 5.74) is -0.0905. The molecule has 0 bridgehead atoms. The first-order chi connectivity index (χ1) is 6.61. The Bertz CT molecular complexity index is 209. The van der Waals surface area contributed by atoms with Gasteiger partial charge in [0.1, 0.15) is 11.5 Å². The highest BCUT2D eigenvalue weighted by Crippen LogP contribution is 2.32. The minimum absolute atomic E-state index is 0.00838. The molecule has 0 aromatic carbocycles. The lowest BCUT2D eigenvalue weighted by atomic mass is 10.2. The summed E-state index contributed by atoms with van der Waals surface area (Å²) in [6.45, 7) is 4.45. The molecule has 2 heterocycles. The van der Waals surface area contributed by atoms with Crippen molar-refractivity contribution in [3.63, 3.8) is 0 Å². The van der Waals surface area contributed by atoms with Gasteiger partial charge in [-0.05, 0) is 13.8 Å². The van der Waals surface area contributed by atoms with Crippen LogP contribution in [0.3, 0.4) is 0 Å². The molecule has 3 atom stereocenters. The molecule has 2 saturated heterocycles. The summed E-state index contributed by atoms with van der Waals surface area (Å²) in [5, 5.41) is 8.91. The van der Waals surface area contributed by atoms with Crippen molar-refractivity contribution < 1.29 is 19.3 Å². The topological polar surface area (TPSA) is 47.9 Å². The Morgan fingerprint density at radius 2 is 2.21 bits per heavy atom. The predicted molar refractivity (Wildman–Crippen MR) is 53.1 cm³/mol. The van der Waals surface area contributed by atoms with Crippen molar-refractivity contribution in [2.75, 3.05) is 19.0 Å². The van der Waals surface area contributed by atoms with Crippen molar-refractivity contribution >= 4 is 11.8 Å². The first-order valence-corrected chi connectivity index (χ1v) is 5.85. The van der Waals surface area contributed by atoms with E-state index in [0.29, 0.717) is 6.61 Å². The van der Waals surface area contributed by atoms with Gasteiger partial charge in [-0.2, -0.15) is 0 Å². The number of ether oxygens (including phenoxy) is 3. The van der Waals surface area contributed by atoms with Crippen LogP contribution in [0, 0.1) is 0 Å². The van der Waals surface area contributed by atoms with E-state index in [-0.39, 0.29) is 24.3 Å². The van der Waals surface area contributed by atoms with Crippen LogP contribution < -0.4 is 0 Å². The van der Waals surface area contributed by atoms with Gasteiger partial charge in [0.25, 0.3) is 0 Å². The van der Waals surface area contributed by atoms with E-state index in [1.807, 2.05) is 13.8 Å². The Kier molecular flexibility index (Phi) is 3.04. The van der Waals surface area contributed by atoms with Gasteiger partial charge in [-0.25, -0.2) is 0 Å². The van der Waals surface area contributed by atoms with E-state index in [2.05, 4.69) is 0 Å². The molecule has 0 radical (unpaired) electrons. The van der Waals surface area contributed by atoms with E-state index in [9.17, 15) is 0 Å². The Hall–Kier alpha value is 0.190. The Morgan fingerprint density at radius 3 is 2.71 bits per heavy atom. The van der Waals surface area contributed by atoms with Gasteiger partial charge in [0, 0.05) is 5.75 Å². The first-order valence-electron chi connectivity index (χ1n) is 4.80. The van der Waals surface area contributed by atoms with Crippen LogP contribution in [-0.4, -0.2) is 47.5 Å². The highest BCUT2D eigenvalue weighted by Gasteiger charge is 2.41. The summed E-state index contributed by atoms with van der Waals surface area (Å²) in [5.74, 6) is 0.380. The van der Waals surface area contributed by atoms with Gasteiger partial charge in [0.2, 0.25) is 0 Å². The van der Waals surface area contributed by atoms with Crippen LogP contribution in [0.4, 0.5) is 0 Å². The maximum Gasteiger partial charge on any atom is 0.163 e. The molecule has 0 saturated carbocycles. The fourth-order valence-corrected chi connectivity index (χ4v) is 2.69. The highest BCUT2D eigenvalue weighted by molar-refractivity contribution is 8.00. The summed E-state index contributed by atoms with van der Waals surface area (Å²) in [6.07, 6.45) is 0.0629. The molecule has 1 N–H and O–H groups in total. The first kappa shape index (κ1) is 10.7. The standard InChI is InChI=1S/C9H16O4S/c1-9(2)11-4-6(13-9)7-5-14-8(3-10)12-7/h6-8,10H,3-5H2,1-2H3/t6-,7-,8+/m0/s1. The largest absolute Gasteiger partial charge is 0.393 e. The zero-order valence-corrected chi connectivity index (χ0v) is 9.25. The van der Waals surface area contributed by atoms with E-state index in [4.69, 9.17) is 19.3 Å². The number of rotatable bonds is 2. The molecular weight excluding hydrogens is 204 g/mol. The Balaban J connectivity index is 1.86. The van der Waals surface area contributed by atoms with Crippen LogP contribution in [0.1, 0.15) is 13.8 Å². The second-order valence-corrected chi connectivity index (χ2v) is 5.18. The quantitative estimate of drug-likeness (QED) is 0.738. The Labute approximate surface area is 87.9 Å². The predicted octanol–water partition coefficient (Wildman–Crippen LogP) is 0.588. The number of aliphatic hydroxyl groups is 1. The summed E-state index contributed by atoms with van der Waals surface area (Å²) in [6, 6.07) is 0. The molecule has 0 unspecified atom stereocenters. The molecule has 0 aromatic rings. The number of thioether (sulfide) groups is 1. The molecule has 2 aliphatic rings. The Morgan fingerprint density at radius 1 is 1.43 bits per heavy atom. The number of hydrogen-bond acceptors (Lipinski definition) is 5. The van der Waals surface area contributed by atoms with E-state index in [1.54, 1.807) is 11.8 Å². The smallest absolute Gasteiger partial charge is 0.163 e. The van der Waals surface area contributed by atoms with Gasteiger partial charge >= 0.3 is 0 Å². The summed E-state index contributed by atoms with van der Waals surface area (Å²) < 4.78 is 16.7. The average molecular weight is 220 g/mol. The van der Waals surface area contributed by atoms with Gasteiger partial charge in [-0.1, -0.05) is 0 Å². The highest BCUT2D eigenvalue weighted by atomic mass is 32.2. The van der Waals surface area contributed by atoms with Gasteiger partial charge < -0.3 is 19.3 Å². The van der Waals surface area contributed by atoms with E-state index >= 15 is 0 Å². The SMILES string of the molecule is CC1(C)OC[C@@H]([C@@H]2CS[C@H](CO)O2)O1. The van der Waals surface area contributed by atoms with E-state index in [1.165, 1.54) is 0 Å². The minimum atomic E-state index is -0.490.